The van der Waals surface area contributed by atoms with Gasteiger partial charge in [-0.2, -0.15) is 0 Å². The number of hydrogen-bond donors (Lipinski definition) is 2. The van der Waals surface area contributed by atoms with E-state index >= 15 is 0 Å². The van der Waals surface area contributed by atoms with Crippen LogP contribution in [0.5, 0.6) is 0 Å². The lowest BCUT2D eigenvalue weighted by Crippen LogP contribution is -2.56. The first-order chi connectivity index (χ1) is 16.2. The summed E-state index contributed by atoms with van der Waals surface area (Å²) in [5.41, 5.74) is 3.96. The fourth-order valence-corrected chi connectivity index (χ4v) is 5.11. The minimum Gasteiger partial charge on any atom is -0.481 e. The molecular formula is C27H32N2O5. The number of carbonyl (C=O) groups excluding carboxylic acids is 2. The number of rotatable bonds is 6. The molecule has 7 nitrogen and oxygen atoms in total. The van der Waals surface area contributed by atoms with Gasteiger partial charge in [0.2, 0.25) is 5.91 Å². The first-order valence-electron chi connectivity index (χ1n) is 11.8. The van der Waals surface area contributed by atoms with Gasteiger partial charge in [-0.1, -0.05) is 69.3 Å². The highest BCUT2D eigenvalue weighted by molar-refractivity contribution is 5.87. The zero-order valence-corrected chi connectivity index (χ0v) is 19.9. The molecule has 1 saturated heterocycles. The number of ether oxygens (including phenoxy) is 1. The first-order valence-corrected chi connectivity index (χ1v) is 11.8. The van der Waals surface area contributed by atoms with Crippen molar-refractivity contribution < 1.29 is 24.2 Å². The summed E-state index contributed by atoms with van der Waals surface area (Å²) >= 11 is 0. The maximum Gasteiger partial charge on any atom is 0.407 e. The number of likely N-dealkylation sites (tertiary alicyclic amines) is 1. The van der Waals surface area contributed by atoms with Crippen LogP contribution >= 0.6 is 0 Å². The summed E-state index contributed by atoms with van der Waals surface area (Å²) in [5, 5.41) is 12.0. The molecule has 0 bridgehead atoms. The number of benzene rings is 2. The van der Waals surface area contributed by atoms with E-state index in [9.17, 15) is 19.5 Å². The van der Waals surface area contributed by atoms with Gasteiger partial charge in [0.25, 0.3) is 0 Å². The van der Waals surface area contributed by atoms with Crippen LogP contribution in [0.4, 0.5) is 4.79 Å². The number of fused-ring (bicyclic) bond motifs is 3. The van der Waals surface area contributed by atoms with Crippen molar-refractivity contribution in [2.45, 2.75) is 58.0 Å². The number of carboxylic acids is 1. The van der Waals surface area contributed by atoms with Gasteiger partial charge in [-0.15, -0.1) is 0 Å². The molecule has 1 aliphatic heterocycles. The second kappa shape index (κ2) is 9.49. The van der Waals surface area contributed by atoms with Crippen LogP contribution < -0.4 is 5.32 Å². The number of aliphatic carboxylic acids is 1. The fraction of sp³-hybridized carbons (Fsp3) is 0.444. The zero-order valence-electron chi connectivity index (χ0n) is 19.9. The summed E-state index contributed by atoms with van der Waals surface area (Å²) in [6.45, 7) is 6.29. The van der Waals surface area contributed by atoms with Gasteiger partial charge < -0.3 is 20.1 Å². The van der Waals surface area contributed by atoms with Gasteiger partial charge >= 0.3 is 12.1 Å². The van der Waals surface area contributed by atoms with Crippen LogP contribution in [0.25, 0.3) is 11.1 Å². The molecule has 2 amide bonds. The topological polar surface area (TPSA) is 95.9 Å². The molecule has 2 N–H and O–H groups in total. The minimum atomic E-state index is -0.929. The molecule has 0 radical (unpaired) electrons. The Labute approximate surface area is 200 Å². The van der Waals surface area contributed by atoms with Gasteiger partial charge in [0.1, 0.15) is 12.6 Å². The van der Waals surface area contributed by atoms with Crippen molar-refractivity contribution >= 4 is 18.0 Å². The van der Waals surface area contributed by atoms with Crippen molar-refractivity contribution in [1.29, 1.82) is 0 Å². The summed E-state index contributed by atoms with van der Waals surface area (Å²) < 4.78 is 5.65. The third-order valence-electron chi connectivity index (χ3n) is 6.79. The molecule has 1 unspecified atom stereocenters. The van der Waals surface area contributed by atoms with E-state index in [1.54, 1.807) is 4.90 Å². The molecule has 4 rings (SSSR count). The van der Waals surface area contributed by atoms with E-state index in [0.29, 0.717) is 13.0 Å². The average Bonchev–Trinajstić information content (AvgIpc) is 3.37. The zero-order chi connectivity index (χ0) is 24.5. The van der Waals surface area contributed by atoms with E-state index in [2.05, 4.69) is 29.6 Å². The van der Waals surface area contributed by atoms with E-state index in [-0.39, 0.29) is 30.9 Å². The fourth-order valence-electron chi connectivity index (χ4n) is 5.11. The van der Waals surface area contributed by atoms with Gasteiger partial charge in [0.15, 0.2) is 0 Å². The number of alkyl carbamates (subject to hydrolysis) is 1. The maximum atomic E-state index is 13.4. The molecule has 1 aliphatic carbocycles. The van der Waals surface area contributed by atoms with E-state index in [1.165, 1.54) is 0 Å². The van der Waals surface area contributed by atoms with Crippen LogP contribution in [0.15, 0.2) is 48.5 Å². The highest BCUT2D eigenvalue weighted by atomic mass is 16.5. The van der Waals surface area contributed by atoms with Crippen LogP contribution in [-0.4, -0.2) is 53.2 Å². The summed E-state index contributed by atoms with van der Waals surface area (Å²) in [5.74, 6) is -1.26. The van der Waals surface area contributed by atoms with E-state index < -0.39 is 23.5 Å². The van der Waals surface area contributed by atoms with Crippen molar-refractivity contribution in [3.63, 3.8) is 0 Å². The minimum absolute atomic E-state index is 0.0690. The highest BCUT2D eigenvalue weighted by Gasteiger charge is 2.40. The number of nitrogens with one attached hydrogen (secondary N) is 1. The molecule has 180 valence electrons. The van der Waals surface area contributed by atoms with Crippen LogP contribution in [0.3, 0.4) is 0 Å². The molecular weight excluding hydrogens is 432 g/mol. The van der Waals surface area contributed by atoms with Crippen molar-refractivity contribution in [2.24, 2.45) is 5.41 Å². The molecule has 1 heterocycles. The van der Waals surface area contributed by atoms with Crippen LogP contribution in [0.1, 0.15) is 57.1 Å². The third kappa shape index (κ3) is 4.79. The average molecular weight is 465 g/mol. The van der Waals surface area contributed by atoms with Crippen molar-refractivity contribution in [3.8, 4) is 11.1 Å². The Morgan fingerprint density at radius 3 is 2.21 bits per heavy atom. The van der Waals surface area contributed by atoms with Crippen molar-refractivity contribution in [2.75, 3.05) is 13.2 Å². The molecule has 7 heteroatoms. The van der Waals surface area contributed by atoms with Gasteiger partial charge in [-0.05, 0) is 40.5 Å². The number of carboxylic acid groups (broad SMARTS) is 1. The molecule has 2 aromatic rings. The number of amides is 2. The molecule has 0 aromatic heterocycles. The van der Waals surface area contributed by atoms with Gasteiger partial charge in [0.05, 0.1) is 6.42 Å². The van der Waals surface area contributed by atoms with Gasteiger partial charge in [-0.25, -0.2) is 4.79 Å². The highest BCUT2D eigenvalue weighted by Crippen LogP contribution is 2.44. The van der Waals surface area contributed by atoms with Crippen molar-refractivity contribution in [1.82, 2.24) is 10.2 Å². The lowest BCUT2D eigenvalue weighted by Gasteiger charge is -2.35. The molecule has 34 heavy (non-hydrogen) atoms. The molecule has 2 atom stereocenters. The SMILES string of the molecule is CC(C)(C)C(NC(=O)OCC1c2ccccc2-c2ccccc21)C(=O)N1CCC[C@H]1CC(=O)O. The quantitative estimate of drug-likeness (QED) is 0.660. The molecule has 2 aliphatic rings. The first kappa shape index (κ1) is 23.8. The van der Waals surface area contributed by atoms with Gasteiger partial charge in [0, 0.05) is 18.5 Å². The van der Waals surface area contributed by atoms with Crippen molar-refractivity contribution in [3.05, 3.63) is 59.7 Å². The third-order valence-corrected chi connectivity index (χ3v) is 6.79. The second-order valence-electron chi connectivity index (χ2n) is 10.2. The lowest BCUT2D eigenvalue weighted by molar-refractivity contribution is -0.141. The number of hydrogen-bond acceptors (Lipinski definition) is 4. The monoisotopic (exact) mass is 464 g/mol. The van der Waals surface area contributed by atoms with E-state index in [0.717, 1.165) is 28.7 Å². The number of carbonyl (C=O) groups is 3. The Morgan fingerprint density at radius 2 is 1.65 bits per heavy atom. The number of nitrogens with zero attached hydrogens (tertiary/aromatic N) is 1. The Balaban J connectivity index is 1.45. The van der Waals surface area contributed by atoms with E-state index in [4.69, 9.17) is 4.74 Å². The molecule has 2 aromatic carbocycles. The smallest absolute Gasteiger partial charge is 0.407 e. The predicted molar refractivity (Wildman–Crippen MR) is 128 cm³/mol. The summed E-state index contributed by atoms with van der Waals surface area (Å²) in [6.07, 6.45) is 0.669. The molecule has 1 fully saturated rings. The van der Waals surface area contributed by atoms with E-state index in [1.807, 2.05) is 45.0 Å². The maximum absolute atomic E-state index is 13.4. The van der Waals surface area contributed by atoms with Crippen LogP contribution in [0, 0.1) is 5.41 Å². The molecule has 0 spiro atoms. The largest absolute Gasteiger partial charge is 0.481 e. The molecule has 0 saturated carbocycles. The summed E-state index contributed by atoms with van der Waals surface area (Å²) in [4.78, 5) is 39.1. The summed E-state index contributed by atoms with van der Waals surface area (Å²) in [6, 6.07) is 15.1. The van der Waals surface area contributed by atoms with Crippen LogP contribution in [0.2, 0.25) is 0 Å². The normalized spacial score (nSPS) is 18.2. The van der Waals surface area contributed by atoms with Gasteiger partial charge in [-0.3, -0.25) is 9.59 Å². The second-order valence-corrected chi connectivity index (χ2v) is 10.2. The Hall–Kier alpha value is -3.35. The Morgan fingerprint density at radius 1 is 1.06 bits per heavy atom. The Bertz CT molecular complexity index is 1040. The summed E-state index contributed by atoms with van der Waals surface area (Å²) in [7, 11) is 0. The standard InChI is InChI=1S/C27H32N2O5/c1-27(2,3)24(25(32)29-14-8-9-17(29)15-23(30)31)28-26(33)34-16-22-20-12-6-4-10-18(20)19-11-5-7-13-21(19)22/h4-7,10-13,17,22,24H,8-9,14-16H2,1-3H3,(H,28,33)(H,30,31)/t17-,24?/m0/s1. The Kier molecular flexibility index (Phi) is 6.64. The lowest BCUT2D eigenvalue weighted by atomic mass is 9.85. The predicted octanol–water partition coefficient (Wildman–Crippen LogP) is 4.41. The van der Waals surface area contributed by atoms with Crippen LogP contribution in [-0.2, 0) is 14.3 Å².